The highest BCUT2D eigenvalue weighted by molar-refractivity contribution is 7.13. The molecule has 2 N–H and O–H groups in total. The molecule has 0 saturated carbocycles. The molecule has 0 fully saturated rings. The standard InChI is InChI=1S/C20H11ClF3N5OS/c21-14-7-10(20(22,23)24)8-15-17(14)29-19(28-15)27-11-1-3-12(4-2-11)30-18-13-9-26-31-16(13)5-6-25-18/h1-9H,(H2,27,28,29). The highest BCUT2D eigenvalue weighted by atomic mass is 35.5. The lowest BCUT2D eigenvalue weighted by molar-refractivity contribution is -0.137. The van der Waals surface area contributed by atoms with E-state index in [0.717, 1.165) is 22.2 Å². The summed E-state index contributed by atoms with van der Waals surface area (Å²) in [5.74, 6) is 1.29. The van der Waals surface area contributed by atoms with Crippen LogP contribution in [0.5, 0.6) is 11.6 Å². The number of aromatic amines is 1. The number of alkyl halides is 3. The Morgan fingerprint density at radius 3 is 2.68 bits per heavy atom. The maximum Gasteiger partial charge on any atom is 0.416 e. The number of benzene rings is 2. The third-order valence-corrected chi connectivity index (χ3v) is 5.50. The van der Waals surface area contributed by atoms with Crippen LogP contribution in [0.25, 0.3) is 21.1 Å². The average Bonchev–Trinajstić information content (AvgIpc) is 3.36. The summed E-state index contributed by atoms with van der Waals surface area (Å²) in [7, 11) is 0. The summed E-state index contributed by atoms with van der Waals surface area (Å²) in [5.41, 5.74) is 0.250. The minimum absolute atomic E-state index is 0.0810. The first-order chi connectivity index (χ1) is 14.9. The zero-order chi connectivity index (χ0) is 21.6. The summed E-state index contributed by atoms with van der Waals surface area (Å²) in [6, 6.07) is 10.7. The molecule has 0 spiro atoms. The third-order valence-electron chi connectivity index (χ3n) is 4.45. The molecular weight excluding hydrogens is 451 g/mol. The Balaban J connectivity index is 1.36. The van der Waals surface area contributed by atoms with Gasteiger partial charge in [-0.3, -0.25) is 0 Å². The Labute approximate surface area is 181 Å². The quantitative estimate of drug-likeness (QED) is 0.308. The number of hydrogen-bond acceptors (Lipinski definition) is 6. The molecule has 0 radical (unpaired) electrons. The number of fused-ring (bicyclic) bond motifs is 2. The number of aromatic nitrogens is 4. The number of anilines is 2. The highest BCUT2D eigenvalue weighted by Crippen LogP contribution is 2.35. The zero-order valence-corrected chi connectivity index (χ0v) is 16.9. The smallest absolute Gasteiger partial charge is 0.416 e. The van der Waals surface area contributed by atoms with Gasteiger partial charge < -0.3 is 15.0 Å². The summed E-state index contributed by atoms with van der Waals surface area (Å²) in [4.78, 5) is 11.3. The summed E-state index contributed by atoms with van der Waals surface area (Å²) in [6.07, 6.45) is -1.14. The van der Waals surface area contributed by atoms with E-state index in [-0.39, 0.29) is 22.0 Å². The van der Waals surface area contributed by atoms with Gasteiger partial charge in [-0.2, -0.15) is 17.5 Å². The second-order valence-electron chi connectivity index (χ2n) is 6.54. The summed E-state index contributed by atoms with van der Waals surface area (Å²) in [5, 5.41) is 3.75. The number of ether oxygens (including phenoxy) is 1. The zero-order valence-electron chi connectivity index (χ0n) is 15.4. The van der Waals surface area contributed by atoms with Crippen molar-refractivity contribution < 1.29 is 17.9 Å². The Hall–Kier alpha value is -3.37. The molecule has 156 valence electrons. The molecule has 11 heteroatoms. The van der Waals surface area contributed by atoms with Gasteiger partial charge in [0.25, 0.3) is 0 Å². The van der Waals surface area contributed by atoms with E-state index < -0.39 is 11.7 Å². The van der Waals surface area contributed by atoms with Crippen molar-refractivity contribution in [2.24, 2.45) is 0 Å². The van der Waals surface area contributed by atoms with Crippen LogP contribution in [0.1, 0.15) is 5.56 Å². The predicted molar refractivity (Wildman–Crippen MR) is 113 cm³/mol. The number of rotatable bonds is 4. The van der Waals surface area contributed by atoms with E-state index in [1.165, 1.54) is 11.5 Å². The molecule has 0 aliphatic heterocycles. The summed E-state index contributed by atoms with van der Waals surface area (Å²) < 4.78 is 49.9. The number of imidazole rings is 1. The maximum atomic E-state index is 13.0. The molecule has 0 amide bonds. The van der Waals surface area contributed by atoms with Crippen molar-refractivity contribution >= 4 is 55.9 Å². The van der Waals surface area contributed by atoms with Gasteiger partial charge in [0.15, 0.2) is 0 Å². The van der Waals surface area contributed by atoms with E-state index >= 15 is 0 Å². The van der Waals surface area contributed by atoms with Crippen LogP contribution in [0.4, 0.5) is 24.8 Å². The van der Waals surface area contributed by atoms with Gasteiger partial charge in [-0.05, 0) is 54.0 Å². The number of nitrogens with zero attached hydrogens (tertiary/aromatic N) is 3. The summed E-state index contributed by atoms with van der Waals surface area (Å²) >= 11 is 7.34. The largest absolute Gasteiger partial charge is 0.438 e. The number of hydrogen-bond donors (Lipinski definition) is 2. The van der Waals surface area contributed by atoms with Gasteiger partial charge in [0, 0.05) is 11.9 Å². The van der Waals surface area contributed by atoms with Crippen molar-refractivity contribution in [1.29, 1.82) is 0 Å². The number of pyridine rings is 1. The van der Waals surface area contributed by atoms with E-state index in [4.69, 9.17) is 16.3 Å². The molecule has 0 aliphatic rings. The normalized spacial score (nSPS) is 11.9. The fraction of sp³-hybridized carbons (Fsp3) is 0.0500. The van der Waals surface area contributed by atoms with Gasteiger partial charge in [-0.25, -0.2) is 9.97 Å². The van der Waals surface area contributed by atoms with Crippen molar-refractivity contribution in [3.63, 3.8) is 0 Å². The van der Waals surface area contributed by atoms with Crippen LogP contribution >= 0.6 is 23.1 Å². The fourth-order valence-corrected chi connectivity index (χ4v) is 3.90. The lowest BCUT2D eigenvalue weighted by Crippen LogP contribution is -2.04. The molecule has 5 aromatic rings. The van der Waals surface area contributed by atoms with Crippen LogP contribution in [-0.4, -0.2) is 19.3 Å². The Morgan fingerprint density at radius 2 is 1.90 bits per heavy atom. The molecule has 0 bridgehead atoms. The van der Waals surface area contributed by atoms with Gasteiger partial charge in [0.1, 0.15) is 11.3 Å². The van der Waals surface area contributed by atoms with Crippen molar-refractivity contribution in [1.82, 2.24) is 19.3 Å². The van der Waals surface area contributed by atoms with Crippen LogP contribution in [0, 0.1) is 0 Å². The molecule has 0 aliphatic carbocycles. The average molecular weight is 462 g/mol. The first-order valence-electron chi connectivity index (χ1n) is 8.87. The lowest BCUT2D eigenvalue weighted by Gasteiger charge is -2.07. The SMILES string of the molecule is FC(F)(F)c1cc(Cl)c2nc(Nc3ccc(Oc4nccc5sncc45)cc3)[nH]c2c1. The molecule has 0 atom stereocenters. The van der Waals surface area contributed by atoms with Crippen molar-refractivity contribution in [3.05, 3.63) is 65.4 Å². The molecule has 2 aromatic carbocycles. The van der Waals surface area contributed by atoms with Crippen molar-refractivity contribution in [2.75, 3.05) is 5.32 Å². The monoisotopic (exact) mass is 461 g/mol. The minimum atomic E-state index is -4.50. The van der Waals surface area contributed by atoms with Crippen LogP contribution in [0.2, 0.25) is 5.02 Å². The Bertz CT molecular complexity index is 1400. The first kappa shape index (κ1) is 19.6. The third kappa shape index (κ3) is 3.87. The van der Waals surface area contributed by atoms with E-state index in [9.17, 15) is 13.2 Å². The number of nitrogens with one attached hydrogen (secondary N) is 2. The molecular formula is C20H11ClF3N5OS. The first-order valence-corrected chi connectivity index (χ1v) is 10.0. The molecule has 3 aromatic heterocycles. The van der Waals surface area contributed by atoms with Gasteiger partial charge in [-0.1, -0.05) is 11.6 Å². The lowest BCUT2D eigenvalue weighted by atomic mass is 10.2. The molecule has 0 unspecified atom stereocenters. The Morgan fingerprint density at radius 1 is 1.10 bits per heavy atom. The van der Waals surface area contributed by atoms with Crippen molar-refractivity contribution in [2.45, 2.75) is 6.18 Å². The highest BCUT2D eigenvalue weighted by Gasteiger charge is 2.31. The van der Waals surface area contributed by atoms with Crippen LogP contribution in [-0.2, 0) is 6.18 Å². The Kier molecular flexibility index (Phi) is 4.67. The topological polar surface area (TPSA) is 75.7 Å². The van der Waals surface area contributed by atoms with E-state index in [0.29, 0.717) is 17.3 Å². The summed E-state index contributed by atoms with van der Waals surface area (Å²) in [6.45, 7) is 0. The van der Waals surface area contributed by atoms with Gasteiger partial charge >= 0.3 is 6.18 Å². The molecule has 6 nitrogen and oxygen atoms in total. The number of halogens is 4. The molecule has 3 heterocycles. The second kappa shape index (κ2) is 7.40. The second-order valence-corrected chi connectivity index (χ2v) is 7.78. The van der Waals surface area contributed by atoms with Gasteiger partial charge in [-0.15, -0.1) is 0 Å². The van der Waals surface area contributed by atoms with Gasteiger partial charge in [0.2, 0.25) is 11.8 Å². The fourth-order valence-electron chi connectivity index (χ4n) is 3.01. The van der Waals surface area contributed by atoms with E-state index in [1.807, 2.05) is 6.07 Å². The van der Waals surface area contributed by atoms with Gasteiger partial charge in [0.05, 0.1) is 32.4 Å². The molecule has 0 saturated heterocycles. The van der Waals surface area contributed by atoms with Crippen LogP contribution in [0.15, 0.2) is 54.9 Å². The molecule has 31 heavy (non-hydrogen) atoms. The van der Waals surface area contributed by atoms with E-state index in [2.05, 4.69) is 24.6 Å². The predicted octanol–water partition coefficient (Wildman–Crippen LogP) is 6.78. The minimum Gasteiger partial charge on any atom is -0.438 e. The number of H-pyrrole nitrogens is 1. The molecule has 5 rings (SSSR count). The van der Waals surface area contributed by atoms with E-state index in [1.54, 1.807) is 36.7 Å². The maximum absolute atomic E-state index is 13.0. The van der Waals surface area contributed by atoms with Crippen molar-refractivity contribution in [3.8, 4) is 11.6 Å². The van der Waals surface area contributed by atoms with Crippen LogP contribution in [0.3, 0.4) is 0 Å². The van der Waals surface area contributed by atoms with Crippen LogP contribution < -0.4 is 10.1 Å².